The SMILES string of the molecule is CC(C)n1nc(N)c(CC(=O)O)c1N. The minimum atomic E-state index is -0.966. The lowest BCUT2D eigenvalue weighted by molar-refractivity contribution is -0.136. The number of carboxylic acid groups (broad SMARTS) is 1. The van der Waals surface area contributed by atoms with Crippen molar-refractivity contribution < 1.29 is 9.90 Å². The first kappa shape index (κ1) is 10.4. The molecule has 0 aliphatic heterocycles. The molecule has 1 heterocycles. The summed E-state index contributed by atoms with van der Waals surface area (Å²) < 4.78 is 1.52. The molecule has 0 atom stereocenters. The zero-order valence-electron chi connectivity index (χ0n) is 8.19. The number of anilines is 2. The van der Waals surface area contributed by atoms with Crippen LogP contribution in [0.25, 0.3) is 0 Å². The topological polar surface area (TPSA) is 107 Å². The van der Waals surface area contributed by atoms with Crippen LogP contribution in [0.3, 0.4) is 0 Å². The van der Waals surface area contributed by atoms with Crippen molar-refractivity contribution in [3.63, 3.8) is 0 Å². The van der Waals surface area contributed by atoms with Gasteiger partial charge in [0.25, 0.3) is 0 Å². The van der Waals surface area contributed by atoms with Crippen molar-refractivity contribution in [2.45, 2.75) is 26.3 Å². The Morgan fingerprint density at radius 3 is 2.50 bits per heavy atom. The number of nitrogen functional groups attached to an aromatic ring is 2. The fourth-order valence-corrected chi connectivity index (χ4v) is 1.23. The molecule has 1 aromatic rings. The van der Waals surface area contributed by atoms with E-state index in [1.165, 1.54) is 4.68 Å². The van der Waals surface area contributed by atoms with Gasteiger partial charge in [-0.1, -0.05) is 0 Å². The maximum absolute atomic E-state index is 10.5. The summed E-state index contributed by atoms with van der Waals surface area (Å²) in [7, 11) is 0. The van der Waals surface area contributed by atoms with Crippen LogP contribution in [-0.2, 0) is 11.2 Å². The van der Waals surface area contributed by atoms with Crippen LogP contribution < -0.4 is 11.5 Å². The lowest BCUT2D eigenvalue weighted by Gasteiger charge is -2.07. The lowest BCUT2D eigenvalue weighted by atomic mass is 10.2. The molecule has 0 aromatic carbocycles. The molecule has 5 N–H and O–H groups in total. The molecule has 0 bridgehead atoms. The number of hydrogen-bond acceptors (Lipinski definition) is 4. The van der Waals surface area contributed by atoms with Crippen LogP contribution in [0.15, 0.2) is 0 Å². The molecule has 6 heteroatoms. The molecule has 0 saturated heterocycles. The van der Waals surface area contributed by atoms with Gasteiger partial charge in [-0.3, -0.25) is 4.79 Å². The summed E-state index contributed by atoms with van der Waals surface area (Å²) in [6.07, 6.45) is -0.190. The zero-order valence-corrected chi connectivity index (χ0v) is 8.19. The first-order valence-corrected chi connectivity index (χ1v) is 4.27. The highest BCUT2D eigenvalue weighted by molar-refractivity contribution is 5.75. The highest BCUT2D eigenvalue weighted by atomic mass is 16.4. The van der Waals surface area contributed by atoms with E-state index in [4.69, 9.17) is 16.6 Å². The minimum Gasteiger partial charge on any atom is -0.481 e. The highest BCUT2D eigenvalue weighted by Gasteiger charge is 2.17. The number of rotatable bonds is 3. The highest BCUT2D eigenvalue weighted by Crippen LogP contribution is 2.22. The van der Waals surface area contributed by atoms with Crippen molar-refractivity contribution in [1.82, 2.24) is 9.78 Å². The van der Waals surface area contributed by atoms with Gasteiger partial charge in [0, 0.05) is 11.6 Å². The molecular weight excluding hydrogens is 184 g/mol. The quantitative estimate of drug-likeness (QED) is 0.645. The Hall–Kier alpha value is -1.72. The van der Waals surface area contributed by atoms with E-state index in [9.17, 15) is 4.79 Å². The second kappa shape index (κ2) is 3.57. The number of carbonyl (C=O) groups is 1. The molecule has 1 rings (SSSR count). The molecule has 0 aliphatic rings. The number of aliphatic carboxylic acids is 1. The van der Waals surface area contributed by atoms with Crippen molar-refractivity contribution in [2.24, 2.45) is 0 Å². The fraction of sp³-hybridized carbons (Fsp3) is 0.500. The number of nitrogens with two attached hydrogens (primary N) is 2. The van der Waals surface area contributed by atoms with Gasteiger partial charge in [-0.2, -0.15) is 5.10 Å². The standard InChI is InChI=1S/C8H14N4O2/c1-4(2)12-8(10)5(3-6(13)14)7(9)11-12/h4H,3,10H2,1-2H3,(H2,9,11)(H,13,14). The summed E-state index contributed by atoms with van der Waals surface area (Å²) >= 11 is 0. The molecule has 1 aromatic heterocycles. The van der Waals surface area contributed by atoms with E-state index in [-0.39, 0.29) is 18.3 Å². The number of aromatic nitrogens is 2. The number of carboxylic acids is 1. The third kappa shape index (κ3) is 1.78. The van der Waals surface area contributed by atoms with E-state index < -0.39 is 5.97 Å². The van der Waals surface area contributed by atoms with Gasteiger partial charge in [0.2, 0.25) is 0 Å². The van der Waals surface area contributed by atoms with E-state index in [1.54, 1.807) is 0 Å². The molecule has 78 valence electrons. The van der Waals surface area contributed by atoms with Crippen LogP contribution in [0.4, 0.5) is 11.6 Å². The fourth-order valence-electron chi connectivity index (χ4n) is 1.23. The van der Waals surface area contributed by atoms with Crippen LogP contribution in [0, 0.1) is 0 Å². The van der Waals surface area contributed by atoms with Gasteiger partial charge in [-0.25, -0.2) is 4.68 Å². The molecule has 0 aliphatic carbocycles. The van der Waals surface area contributed by atoms with E-state index in [2.05, 4.69) is 5.10 Å². The summed E-state index contributed by atoms with van der Waals surface area (Å²) in [5.41, 5.74) is 11.7. The average molecular weight is 198 g/mol. The third-order valence-corrected chi connectivity index (χ3v) is 1.90. The molecule has 14 heavy (non-hydrogen) atoms. The number of nitrogens with zero attached hydrogens (tertiary/aromatic N) is 2. The van der Waals surface area contributed by atoms with Gasteiger partial charge in [0.05, 0.1) is 6.42 Å². The maximum Gasteiger partial charge on any atom is 0.308 e. The molecule has 0 radical (unpaired) electrons. The maximum atomic E-state index is 10.5. The molecule has 0 unspecified atom stereocenters. The van der Waals surface area contributed by atoms with Gasteiger partial charge < -0.3 is 16.6 Å². The molecule has 0 fully saturated rings. The first-order chi connectivity index (χ1) is 6.43. The van der Waals surface area contributed by atoms with E-state index in [0.717, 1.165) is 0 Å². The van der Waals surface area contributed by atoms with E-state index in [0.29, 0.717) is 11.4 Å². The second-order valence-electron chi connectivity index (χ2n) is 3.36. The molecule has 0 spiro atoms. The van der Waals surface area contributed by atoms with E-state index in [1.807, 2.05) is 13.8 Å². The van der Waals surface area contributed by atoms with Crippen molar-refractivity contribution in [1.29, 1.82) is 0 Å². The van der Waals surface area contributed by atoms with Gasteiger partial charge in [0.1, 0.15) is 5.82 Å². The van der Waals surface area contributed by atoms with Crippen molar-refractivity contribution in [3.05, 3.63) is 5.56 Å². The summed E-state index contributed by atoms with van der Waals surface area (Å²) in [4.78, 5) is 10.5. The van der Waals surface area contributed by atoms with Gasteiger partial charge in [-0.15, -0.1) is 0 Å². The van der Waals surface area contributed by atoms with Crippen molar-refractivity contribution >= 4 is 17.6 Å². The smallest absolute Gasteiger partial charge is 0.308 e. The average Bonchev–Trinajstić information content (AvgIpc) is 2.31. The minimum absolute atomic E-state index is 0.0693. The normalized spacial score (nSPS) is 10.8. The van der Waals surface area contributed by atoms with Crippen LogP contribution in [-0.4, -0.2) is 20.9 Å². The predicted molar refractivity (Wildman–Crippen MR) is 52.8 cm³/mol. The van der Waals surface area contributed by atoms with Crippen LogP contribution in [0.1, 0.15) is 25.5 Å². The summed E-state index contributed by atoms with van der Waals surface area (Å²) in [6, 6.07) is 0.0693. The molecule has 6 nitrogen and oxygen atoms in total. The van der Waals surface area contributed by atoms with Crippen LogP contribution in [0.5, 0.6) is 0 Å². The van der Waals surface area contributed by atoms with E-state index >= 15 is 0 Å². The van der Waals surface area contributed by atoms with Gasteiger partial charge >= 0.3 is 5.97 Å². The Morgan fingerprint density at radius 2 is 2.14 bits per heavy atom. The lowest BCUT2D eigenvalue weighted by Crippen LogP contribution is -2.09. The summed E-state index contributed by atoms with van der Waals surface area (Å²) in [5, 5.41) is 12.6. The Morgan fingerprint density at radius 1 is 1.57 bits per heavy atom. The summed E-state index contributed by atoms with van der Waals surface area (Å²) in [6.45, 7) is 3.79. The third-order valence-electron chi connectivity index (χ3n) is 1.90. The monoisotopic (exact) mass is 198 g/mol. The predicted octanol–water partition coefficient (Wildman–Crippen LogP) is 0.256. The molecular formula is C8H14N4O2. The number of hydrogen-bond donors (Lipinski definition) is 3. The Bertz CT molecular complexity index is 356. The first-order valence-electron chi connectivity index (χ1n) is 4.27. The van der Waals surface area contributed by atoms with Crippen molar-refractivity contribution in [2.75, 3.05) is 11.5 Å². The van der Waals surface area contributed by atoms with Crippen molar-refractivity contribution in [3.8, 4) is 0 Å². The largest absolute Gasteiger partial charge is 0.481 e. The van der Waals surface area contributed by atoms with Gasteiger partial charge in [-0.05, 0) is 13.8 Å². The Kier molecular flexibility index (Phi) is 2.64. The molecule has 0 amide bonds. The Labute approximate surface area is 81.5 Å². The zero-order chi connectivity index (χ0) is 10.9. The van der Waals surface area contributed by atoms with Crippen LogP contribution in [0.2, 0.25) is 0 Å². The Balaban J connectivity index is 3.11. The summed E-state index contributed by atoms with van der Waals surface area (Å²) in [5.74, 6) is -0.440. The van der Waals surface area contributed by atoms with Gasteiger partial charge in [0.15, 0.2) is 5.82 Å². The molecule has 0 saturated carbocycles. The van der Waals surface area contributed by atoms with Crippen LogP contribution >= 0.6 is 0 Å². The second-order valence-corrected chi connectivity index (χ2v) is 3.36.